The van der Waals surface area contributed by atoms with Crippen LogP contribution in [-0.2, 0) is 0 Å². The summed E-state index contributed by atoms with van der Waals surface area (Å²) < 4.78 is 44.0. The fourth-order valence-electron chi connectivity index (χ4n) is 1.73. The summed E-state index contributed by atoms with van der Waals surface area (Å²) in [5.74, 6) is -3.11. The molecule has 0 radical (unpaired) electrons. The number of hydrogen-bond acceptors (Lipinski definition) is 4. The van der Waals surface area contributed by atoms with Crippen LogP contribution in [0, 0.1) is 28.5 Å². The fourth-order valence-corrected chi connectivity index (χ4v) is 2.98. The van der Waals surface area contributed by atoms with Crippen molar-refractivity contribution in [2.75, 3.05) is 0 Å². The van der Waals surface area contributed by atoms with Gasteiger partial charge in [-0.05, 0) is 40.2 Å². The molecule has 3 nitrogen and oxygen atoms in total. The first-order chi connectivity index (χ1) is 10.9. The highest BCUT2D eigenvalue weighted by Gasteiger charge is 2.17. The van der Waals surface area contributed by atoms with Crippen molar-refractivity contribution in [2.45, 2.75) is 10.7 Å². The Balaban J connectivity index is 2.40. The molecule has 116 valence electrons. The second kappa shape index (κ2) is 7.40. The van der Waals surface area contributed by atoms with Gasteiger partial charge in [-0.1, -0.05) is 11.8 Å². The third-order valence-electron chi connectivity index (χ3n) is 2.62. The molecule has 0 spiro atoms. The predicted octanol–water partition coefficient (Wildman–Crippen LogP) is 5.44. The van der Waals surface area contributed by atoms with Gasteiger partial charge in [-0.15, -0.1) is 0 Å². The van der Waals surface area contributed by atoms with E-state index in [1.165, 1.54) is 18.2 Å². The van der Waals surface area contributed by atoms with Crippen LogP contribution in [0.5, 0.6) is 11.5 Å². The molecule has 0 fully saturated rings. The lowest BCUT2D eigenvalue weighted by atomic mass is 10.2. The summed E-state index contributed by atoms with van der Waals surface area (Å²) in [6.45, 7) is 0. The molecule has 0 aliphatic heterocycles. The molecule has 0 N–H and O–H groups in total. The highest BCUT2D eigenvalue weighted by Crippen LogP contribution is 2.39. The van der Waals surface area contributed by atoms with Gasteiger partial charge in [-0.3, -0.25) is 0 Å². The summed E-state index contributed by atoms with van der Waals surface area (Å²) in [4.78, 5) is 0.0960. The summed E-state index contributed by atoms with van der Waals surface area (Å²) in [5.41, 5.74) is 0.0613. The van der Waals surface area contributed by atoms with Crippen LogP contribution in [0.1, 0.15) is 11.1 Å². The van der Waals surface area contributed by atoms with Crippen LogP contribution in [0.2, 0.25) is 0 Å². The second-order valence-electron chi connectivity index (χ2n) is 4.13. The largest absolute Gasteiger partial charge is 0.456 e. The Morgan fingerprint density at radius 3 is 2.48 bits per heavy atom. The van der Waals surface area contributed by atoms with Crippen molar-refractivity contribution in [1.82, 2.24) is 0 Å². The normalized spacial score (nSPS) is 10.2. The quantitative estimate of drug-likeness (QED) is 0.643. The maximum atomic E-state index is 13.4. The van der Waals surface area contributed by atoms with Crippen molar-refractivity contribution in [2.24, 2.45) is 0 Å². The van der Waals surface area contributed by atoms with Crippen LogP contribution in [0.25, 0.3) is 0 Å². The molecule has 0 aliphatic carbocycles. The van der Waals surface area contributed by atoms with Crippen LogP contribution < -0.4 is 4.74 Å². The Labute approximate surface area is 142 Å². The van der Waals surface area contributed by atoms with Gasteiger partial charge in [0, 0.05) is 11.0 Å². The zero-order valence-electron chi connectivity index (χ0n) is 11.2. The molecule has 0 aromatic heterocycles. The van der Waals surface area contributed by atoms with Gasteiger partial charge in [0.1, 0.15) is 23.4 Å². The van der Waals surface area contributed by atoms with E-state index >= 15 is 0 Å². The van der Waals surface area contributed by atoms with E-state index < -0.39 is 11.6 Å². The minimum absolute atomic E-state index is 0.00953. The molecule has 23 heavy (non-hydrogen) atoms. The van der Waals surface area contributed by atoms with E-state index in [0.29, 0.717) is 0 Å². The van der Waals surface area contributed by atoms with Gasteiger partial charge in [0.05, 0.1) is 21.7 Å². The standard InChI is InChI=1S/C15H6BrF3N2OS/c16-14-11(7-21)13(23-15(18)19)2-1-12(14)22-10-4-8(6-20)3-9(17)5-10/h1-5,15H. The van der Waals surface area contributed by atoms with E-state index in [9.17, 15) is 13.2 Å². The Morgan fingerprint density at radius 2 is 1.87 bits per heavy atom. The lowest BCUT2D eigenvalue weighted by Gasteiger charge is -2.11. The molecule has 2 aromatic rings. The number of thioether (sulfide) groups is 1. The summed E-state index contributed by atoms with van der Waals surface area (Å²) in [6.07, 6.45) is 0. The second-order valence-corrected chi connectivity index (χ2v) is 5.96. The van der Waals surface area contributed by atoms with Gasteiger partial charge in [0.2, 0.25) is 0 Å². The zero-order valence-corrected chi connectivity index (χ0v) is 13.6. The first-order valence-electron chi connectivity index (χ1n) is 6.00. The number of nitriles is 2. The number of halogens is 4. The highest BCUT2D eigenvalue weighted by atomic mass is 79.9. The summed E-state index contributed by atoms with van der Waals surface area (Å²) in [5, 5.41) is 17.9. The first kappa shape index (κ1) is 17.2. The Bertz CT molecular complexity index is 831. The van der Waals surface area contributed by atoms with Crippen LogP contribution >= 0.6 is 27.7 Å². The highest BCUT2D eigenvalue weighted by molar-refractivity contribution is 9.10. The Hall–Kier alpha value is -2.16. The number of benzene rings is 2. The van der Waals surface area contributed by atoms with Crippen LogP contribution in [0.3, 0.4) is 0 Å². The van der Waals surface area contributed by atoms with Crippen molar-refractivity contribution < 1.29 is 17.9 Å². The average molecular weight is 399 g/mol. The lowest BCUT2D eigenvalue weighted by Crippen LogP contribution is -1.93. The molecule has 0 saturated carbocycles. The maximum absolute atomic E-state index is 13.4. The molecule has 0 heterocycles. The average Bonchev–Trinajstić information content (AvgIpc) is 2.49. The lowest BCUT2D eigenvalue weighted by molar-refractivity contribution is 0.252. The van der Waals surface area contributed by atoms with Crippen LogP contribution in [0.15, 0.2) is 39.7 Å². The summed E-state index contributed by atoms with van der Waals surface area (Å²) in [7, 11) is 0. The minimum Gasteiger partial charge on any atom is -0.456 e. The van der Waals surface area contributed by atoms with Gasteiger partial charge < -0.3 is 4.74 Å². The van der Waals surface area contributed by atoms with E-state index in [-0.39, 0.29) is 43.8 Å². The fraction of sp³-hybridized carbons (Fsp3) is 0.0667. The van der Waals surface area contributed by atoms with Crippen molar-refractivity contribution in [3.8, 4) is 23.6 Å². The first-order valence-corrected chi connectivity index (χ1v) is 7.68. The smallest absolute Gasteiger partial charge is 0.288 e. The molecule has 0 bridgehead atoms. The molecular formula is C15H6BrF3N2OS. The van der Waals surface area contributed by atoms with Crippen molar-refractivity contribution >= 4 is 27.7 Å². The number of alkyl halides is 2. The van der Waals surface area contributed by atoms with Gasteiger partial charge in [0.25, 0.3) is 5.76 Å². The minimum atomic E-state index is -2.66. The third-order valence-corrected chi connectivity index (χ3v) is 4.18. The monoisotopic (exact) mass is 398 g/mol. The number of rotatable bonds is 4. The van der Waals surface area contributed by atoms with Gasteiger partial charge >= 0.3 is 0 Å². The summed E-state index contributed by atoms with van der Waals surface area (Å²) in [6, 6.07) is 9.75. The molecule has 0 aliphatic rings. The van der Waals surface area contributed by atoms with Crippen molar-refractivity contribution in [1.29, 1.82) is 10.5 Å². The van der Waals surface area contributed by atoms with E-state index in [1.807, 2.05) is 6.07 Å². The number of ether oxygens (including phenoxy) is 1. The van der Waals surface area contributed by atoms with E-state index in [2.05, 4.69) is 15.9 Å². The molecule has 2 aromatic carbocycles. The molecule has 0 unspecified atom stereocenters. The summed E-state index contributed by atoms with van der Waals surface area (Å²) >= 11 is 3.37. The molecular weight excluding hydrogens is 393 g/mol. The molecule has 0 atom stereocenters. The van der Waals surface area contributed by atoms with Gasteiger partial charge in [0.15, 0.2) is 0 Å². The van der Waals surface area contributed by atoms with E-state index in [0.717, 1.165) is 12.1 Å². The number of hydrogen-bond donors (Lipinski definition) is 0. The Morgan fingerprint density at radius 1 is 1.13 bits per heavy atom. The van der Waals surface area contributed by atoms with E-state index in [4.69, 9.17) is 15.3 Å². The van der Waals surface area contributed by atoms with Crippen molar-refractivity contribution in [3.63, 3.8) is 0 Å². The van der Waals surface area contributed by atoms with Crippen LogP contribution in [0.4, 0.5) is 13.2 Å². The van der Waals surface area contributed by atoms with Crippen LogP contribution in [-0.4, -0.2) is 5.76 Å². The predicted molar refractivity (Wildman–Crippen MR) is 81.9 cm³/mol. The zero-order chi connectivity index (χ0) is 17.0. The molecule has 8 heteroatoms. The molecule has 0 amide bonds. The molecule has 0 saturated heterocycles. The van der Waals surface area contributed by atoms with E-state index in [1.54, 1.807) is 6.07 Å². The Kier molecular flexibility index (Phi) is 5.54. The third kappa shape index (κ3) is 4.19. The SMILES string of the molecule is N#Cc1cc(F)cc(Oc2ccc(SC(F)F)c(C#N)c2Br)c1. The molecule has 2 rings (SSSR count). The maximum Gasteiger partial charge on any atom is 0.288 e. The topological polar surface area (TPSA) is 56.8 Å². The van der Waals surface area contributed by atoms with Gasteiger partial charge in [-0.2, -0.15) is 19.3 Å². The van der Waals surface area contributed by atoms with Gasteiger partial charge in [-0.25, -0.2) is 4.39 Å². The number of nitrogens with zero attached hydrogens (tertiary/aromatic N) is 2. The van der Waals surface area contributed by atoms with Crippen molar-refractivity contribution in [3.05, 3.63) is 51.7 Å².